The molecular formula is C20H27F3N4O2S. The van der Waals surface area contributed by atoms with E-state index in [1.165, 1.54) is 6.07 Å². The Bertz CT molecular complexity index is 938. The second kappa shape index (κ2) is 10.1. The van der Waals surface area contributed by atoms with Crippen LogP contribution in [0.15, 0.2) is 46.3 Å². The second-order valence-electron chi connectivity index (χ2n) is 6.93. The van der Waals surface area contributed by atoms with Crippen LogP contribution >= 0.6 is 0 Å². The second-order valence-corrected chi connectivity index (χ2v) is 8.60. The third kappa shape index (κ3) is 6.07. The van der Waals surface area contributed by atoms with E-state index in [0.717, 1.165) is 37.8 Å². The Hall–Kier alpha value is -2.36. The van der Waals surface area contributed by atoms with Gasteiger partial charge in [0, 0.05) is 18.8 Å². The van der Waals surface area contributed by atoms with Crippen LogP contribution in [-0.4, -0.2) is 27.0 Å². The minimum Gasteiger partial charge on any atom is -0.372 e. The molecule has 1 aliphatic rings. The van der Waals surface area contributed by atoms with Crippen molar-refractivity contribution in [2.45, 2.75) is 52.0 Å². The van der Waals surface area contributed by atoms with Crippen LogP contribution in [-0.2, 0) is 16.4 Å². The highest BCUT2D eigenvalue weighted by Crippen LogP contribution is 2.38. The number of aryl methyl sites for hydroxylation is 1. The lowest BCUT2D eigenvalue weighted by Crippen LogP contribution is -2.30. The summed E-state index contributed by atoms with van der Waals surface area (Å²) in [7, 11) is -5.59. The van der Waals surface area contributed by atoms with Crippen LogP contribution in [0.4, 0.5) is 30.2 Å². The van der Waals surface area contributed by atoms with E-state index in [9.17, 15) is 21.6 Å². The molecule has 0 saturated heterocycles. The highest BCUT2D eigenvalue weighted by atomic mass is 32.2. The molecule has 2 rings (SSSR count). The van der Waals surface area contributed by atoms with Gasteiger partial charge in [0.15, 0.2) is 0 Å². The number of nitrogens with zero attached hydrogens (tertiary/aromatic N) is 3. The number of anilines is 2. The van der Waals surface area contributed by atoms with Gasteiger partial charge in [-0.3, -0.25) is 4.72 Å². The zero-order valence-electron chi connectivity index (χ0n) is 17.3. The molecule has 0 aliphatic carbocycles. The van der Waals surface area contributed by atoms with Gasteiger partial charge < -0.3 is 4.90 Å². The fraction of sp³-hybridized carbons (Fsp3) is 0.500. The first-order valence-electron chi connectivity index (χ1n) is 9.85. The van der Waals surface area contributed by atoms with Crippen LogP contribution in [0.1, 0.15) is 45.6 Å². The van der Waals surface area contributed by atoms with Gasteiger partial charge >= 0.3 is 15.5 Å². The normalized spacial score (nSPS) is 16.2. The number of alkyl halides is 3. The minimum absolute atomic E-state index is 0.0479. The number of benzene rings is 1. The van der Waals surface area contributed by atoms with Crippen LogP contribution in [0.25, 0.3) is 0 Å². The van der Waals surface area contributed by atoms with E-state index in [0.29, 0.717) is 17.9 Å². The van der Waals surface area contributed by atoms with E-state index in [1.54, 1.807) is 29.9 Å². The molecule has 0 saturated carbocycles. The van der Waals surface area contributed by atoms with Gasteiger partial charge in [-0.1, -0.05) is 19.1 Å². The van der Waals surface area contributed by atoms with Crippen molar-refractivity contribution < 1.29 is 21.6 Å². The molecule has 10 heteroatoms. The van der Waals surface area contributed by atoms with Crippen molar-refractivity contribution >= 4 is 27.1 Å². The third-order valence-electron chi connectivity index (χ3n) is 4.62. The molecular weight excluding hydrogens is 417 g/mol. The van der Waals surface area contributed by atoms with Gasteiger partial charge in [0.2, 0.25) is 0 Å². The number of hydrogen-bond acceptors (Lipinski definition) is 5. The lowest BCUT2D eigenvalue weighted by atomic mass is 10.1. The van der Waals surface area contributed by atoms with Crippen molar-refractivity contribution in [3.05, 3.63) is 41.6 Å². The maximum absolute atomic E-state index is 13.0. The lowest BCUT2D eigenvalue weighted by Gasteiger charge is -2.24. The summed E-state index contributed by atoms with van der Waals surface area (Å²) in [5, 5.41) is 8.09. The van der Waals surface area contributed by atoms with Gasteiger partial charge in [-0.05, 0) is 63.3 Å². The number of hydrogen-bond donors (Lipinski definition) is 1. The Morgan fingerprint density at radius 2 is 2.00 bits per heavy atom. The van der Waals surface area contributed by atoms with E-state index in [2.05, 4.69) is 10.2 Å². The smallest absolute Gasteiger partial charge is 0.372 e. The van der Waals surface area contributed by atoms with Crippen molar-refractivity contribution in [2.24, 2.45) is 10.2 Å². The predicted molar refractivity (Wildman–Crippen MR) is 114 cm³/mol. The zero-order valence-corrected chi connectivity index (χ0v) is 18.1. The molecule has 166 valence electrons. The van der Waals surface area contributed by atoms with E-state index in [1.807, 2.05) is 24.8 Å². The van der Waals surface area contributed by atoms with Gasteiger partial charge in [0.1, 0.15) is 5.69 Å². The Morgan fingerprint density at radius 3 is 2.63 bits per heavy atom. The Kier molecular flexibility index (Phi) is 8.05. The fourth-order valence-corrected chi connectivity index (χ4v) is 3.63. The first-order chi connectivity index (χ1) is 14.1. The molecule has 0 bridgehead atoms. The van der Waals surface area contributed by atoms with Crippen molar-refractivity contribution in [3.63, 3.8) is 0 Å². The molecule has 1 aliphatic heterocycles. The molecule has 0 amide bonds. The molecule has 0 aromatic heterocycles. The van der Waals surface area contributed by atoms with Crippen LogP contribution in [0.5, 0.6) is 0 Å². The molecule has 0 unspecified atom stereocenters. The maximum Gasteiger partial charge on any atom is 0.516 e. The molecule has 0 atom stereocenters. The van der Waals surface area contributed by atoms with E-state index >= 15 is 0 Å². The summed E-state index contributed by atoms with van der Waals surface area (Å²) in [4.78, 5) is 2.02. The molecule has 1 aromatic rings. The maximum atomic E-state index is 13.0. The van der Waals surface area contributed by atoms with E-state index < -0.39 is 15.5 Å². The highest BCUT2D eigenvalue weighted by Gasteiger charge is 2.46. The van der Waals surface area contributed by atoms with Crippen LogP contribution in [0, 0.1) is 0 Å². The number of nitrogens with one attached hydrogen (secondary N) is 1. The summed E-state index contributed by atoms with van der Waals surface area (Å²) in [6.45, 7) is 7.04. The van der Waals surface area contributed by atoms with Gasteiger partial charge in [0.25, 0.3) is 0 Å². The Morgan fingerprint density at radius 1 is 1.27 bits per heavy atom. The SMILES string of the molecule is CC/C=C\C=C(/C)N=Nc1cc2c(cc1NS(=O)(=O)C(F)(F)F)N(CC)CCCC2. The monoisotopic (exact) mass is 444 g/mol. The predicted octanol–water partition coefficient (Wildman–Crippen LogP) is 6.06. The molecule has 1 N–H and O–H groups in total. The Labute approximate surface area is 175 Å². The molecule has 0 fully saturated rings. The topological polar surface area (TPSA) is 74.1 Å². The summed E-state index contributed by atoms with van der Waals surface area (Å²) < 4.78 is 64.0. The molecule has 1 heterocycles. The molecule has 30 heavy (non-hydrogen) atoms. The summed E-state index contributed by atoms with van der Waals surface area (Å²) in [6.07, 6.45) is 8.89. The average molecular weight is 445 g/mol. The van der Waals surface area contributed by atoms with Gasteiger partial charge in [0.05, 0.1) is 11.4 Å². The molecule has 1 aromatic carbocycles. The first-order valence-corrected chi connectivity index (χ1v) is 11.3. The summed E-state index contributed by atoms with van der Waals surface area (Å²) >= 11 is 0. The molecule has 0 spiro atoms. The summed E-state index contributed by atoms with van der Waals surface area (Å²) in [5.41, 5.74) is -3.47. The Balaban J connectivity index is 2.54. The largest absolute Gasteiger partial charge is 0.516 e. The van der Waals surface area contributed by atoms with Crippen LogP contribution < -0.4 is 9.62 Å². The standard InChI is InChI=1S/C20H27F3N4O2S/c1-4-6-7-10-15(3)24-25-17-13-16-11-8-9-12-27(5-2)19(16)14-18(17)26-30(28,29)20(21,22)23/h6-7,10,13-14,26H,4-5,8-9,11-12H2,1-3H3/b7-6-,15-10+,25-24?. The molecule has 6 nitrogen and oxygen atoms in total. The van der Waals surface area contributed by atoms with E-state index in [-0.39, 0.29) is 11.4 Å². The van der Waals surface area contributed by atoms with Gasteiger partial charge in [-0.25, -0.2) is 0 Å². The third-order valence-corrected chi connectivity index (χ3v) is 5.72. The quantitative estimate of drug-likeness (QED) is 0.410. The van der Waals surface area contributed by atoms with Crippen LogP contribution in [0.2, 0.25) is 0 Å². The lowest BCUT2D eigenvalue weighted by molar-refractivity contribution is -0.0429. The van der Waals surface area contributed by atoms with Gasteiger partial charge in [-0.2, -0.15) is 26.7 Å². The molecule has 0 radical (unpaired) electrons. The van der Waals surface area contributed by atoms with Gasteiger partial charge in [-0.15, -0.1) is 5.11 Å². The van der Waals surface area contributed by atoms with Crippen molar-refractivity contribution in [1.29, 1.82) is 0 Å². The van der Waals surface area contributed by atoms with Crippen molar-refractivity contribution in [3.8, 4) is 0 Å². The number of allylic oxidation sites excluding steroid dienone is 4. The number of rotatable bonds is 7. The number of sulfonamides is 1. The van der Waals surface area contributed by atoms with Crippen molar-refractivity contribution in [2.75, 3.05) is 22.7 Å². The highest BCUT2D eigenvalue weighted by molar-refractivity contribution is 7.93. The van der Waals surface area contributed by atoms with Crippen molar-refractivity contribution in [1.82, 2.24) is 0 Å². The minimum atomic E-state index is -5.59. The average Bonchev–Trinajstić information content (AvgIpc) is 2.86. The number of fused-ring (bicyclic) bond motifs is 1. The summed E-state index contributed by atoms with van der Waals surface area (Å²) in [6, 6.07) is 3.05. The zero-order chi connectivity index (χ0) is 22.4. The van der Waals surface area contributed by atoms with E-state index in [4.69, 9.17) is 0 Å². The number of azo groups is 1. The first kappa shape index (κ1) is 23.9. The number of halogens is 3. The summed E-state index contributed by atoms with van der Waals surface area (Å²) in [5.74, 6) is 0. The van der Waals surface area contributed by atoms with Crippen LogP contribution in [0.3, 0.4) is 0 Å². The fourth-order valence-electron chi connectivity index (χ4n) is 3.06.